The van der Waals surface area contributed by atoms with Crippen LogP contribution in [0, 0.1) is 0 Å². The van der Waals surface area contributed by atoms with Gasteiger partial charge in [0.05, 0.1) is 17.1 Å². The zero-order valence-corrected chi connectivity index (χ0v) is 10.3. The topological polar surface area (TPSA) is 35.2 Å². The maximum Gasteiger partial charge on any atom is 0.417 e. The van der Waals surface area contributed by atoms with Crippen molar-refractivity contribution in [2.75, 3.05) is 18.2 Å². The first kappa shape index (κ1) is 13.4. The van der Waals surface area contributed by atoms with Gasteiger partial charge in [0.25, 0.3) is 0 Å². The highest BCUT2D eigenvalue weighted by molar-refractivity contribution is 9.10. The van der Waals surface area contributed by atoms with Gasteiger partial charge in [-0.3, -0.25) is 0 Å². The standard InChI is InChI=1S/C9H8BrClF3NO/c10-6-4-8(16-2-1-11)7(15)3-5(6)9(12,13)14/h3-4H,1-2,15H2. The summed E-state index contributed by atoms with van der Waals surface area (Å²) in [5.41, 5.74) is 4.54. The maximum absolute atomic E-state index is 12.5. The summed E-state index contributed by atoms with van der Waals surface area (Å²) in [7, 11) is 0. The lowest BCUT2D eigenvalue weighted by atomic mass is 10.2. The van der Waals surface area contributed by atoms with Gasteiger partial charge in [0.1, 0.15) is 12.4 Å². The number of hydrogen-bond donors (Lipinski definition) is 1. The van der Waals surface area contributed by atoms with Gasteiger partial charge in [-0.25, -0.2) is 0 Å². The van der Waals surface area contributed by atoms with E-state index in [0.717, 1.165) is 6.07 Å². The number of nitrogen functional groups attached to an aromatic ring is 1. The van der Waals surface area contributed by atoms with Crippen molar-refractivity contribution in [2.24, 2.45) is 0 Å². The van der Waals surface area contributed by atoms with Crippen LogP contribution in [0.1, 0.15) is 5.56 Å². The van der Waals surface area contributed by atoms with Crippen molar-refractivity contribution in [1.29, 1.82) is 0 Å². The fourth-order valence-electron chi connectivity index (χ4n) is 1.06. The van der Waals surface area contributed by atoms with Gasteiger partial charge in [0, 0.05) is 4.47 Å². The third-order valence-corrected chi connectivity index (χ3v) is 2.55. The monoisotopic (exact) mass is 317 g/mol. The van der Waals surface area contributed by atoms with E-state index in [1.54, 1.807) is 0 Å². The highest BCUT2D eigenvalue weighted by Crippen LogP contribution is 2.39. The van der Waals surface area contributed by atoms with E-state index in [9.17, 15) is 13.2 Å². The minimum absolute atomic E-state index is 0.0689. The average molecular weight is 319 g/mol. The highest BCUT2D eigenvalue weighted by atomic mass is 79.9. The van der Waals surface area contributed by atoms with E-state index in [1.807, 2.05) is 0 Å². The molecular formula is C9H8BrClF3NO. The molecule has 0 aliphatic carbocycles. The van der Waals surface area contributed by atoms with Crippen LogP contribution in [0.5, 0.6) is 5.75 Å². The Kier molecular flexibility index (Phi) is 4.32. The normalized spacial score (nSPS) is 11.6. The van der Waals surface area contributed by atoms with Crippen molar-refractivity contribution >= 4 is 33.2 Å². The van der Waals surface area contributed by atoms with Crippen LogP contribution >= 0.6 is 27.5 Å². The molecule has 0 amide bonds. The fourth-order valence-corrected chi connectivity index (χ4v) is 1.69. The second kappa shape index (κ2) is 5.14. The Morgan fingerprint density at radius 2 is 2.00 bits per heavy atom. The molecule has 7 heteroatoms. The zero-order valence-electron chi connectivity index (χ0n) is 7.94. The van der Waals surface area contributed by atoms with E-state index in [1.165, 1.54) is 6.07 Å². The molecule has 0 radical (unpaired) electrons. The molecule has 90 valence electrons. The van der Waals surface area contributed by atoms with Crippen molar-refractivity contribution in [2.45, 2.75) is 6.18 Å². The average Bonchev–Trinajstić information content (AvgIpc) is 2.17. The van der Waals surface area contributed by atoms with Gasteiger partial charge in [-0.05, 0) is 12.1 Å². The molecule has 2 nitrogen and oxygen atoms in total. The lowest BCUT2D eigenvalue weighted by Gasteiger charge is -2.13. The highest BCUT2D eigenvalue weighted by Gasteiger charge is 2.33. The fraction of sp³-hybridized carbons (Fsp3) is 0.333. The molecule has 16 heavy (non-hydrogen) atoms. The van der Waals surface area contributed by atoms with Crippen LogP contribution < -0.4 is 10.5 Å². The number of alkyl halides is 4. The number of benzene rings is 1. The summed E-state index contributed by atoms with van der Waals surface area (Å²) in [6, 6.07) is 2.01. The molecule has 0 unspecified atom stereocenters. The van der Waals surface area contributed by atoms with Gasteiger partial charge < -0.3 is 10.5 Å². The van der Waals surface area contributed by atoms with E-state index in [-0.39, 0.29) is 28.4 Å². The molecule has 0 saturated carbocycles. The molecule has 1 aromatic carbocycles. The first-order chi connectivity index (χ1) is 7.36. The van der Waals surface area contributed by atoms with E-state index in [2.05, 4.69) is 15.9 Å². The first-order valence-corrected chi connectivity index (χ1v) is 5.54. The number of anilines is 1. The summed E-state index contributed by atoms with van der Waals surface area (Å²) in [5, 5.41) is 0. The van der Waals surface area contributed by atoms with Crippen molar-refractivity contribution < 1.29 is 17.9 Å². The van der Waals surface area contributed by atoms with Crippen LogP contribution in [-0.2, 0) is 6.18 Å². The van der Waals surface area contributed by atoms with Crippen LogP contribution in [0.2, 0.25) is 0 Å². The Bertz CT molecular complexity index is 384. The van der Waals surface area contributed by atoms with E-state index >= 15 is 0 Å². The number of ether oxygens (including phenoxy) is 1. The molecule has 0 aromatic heterocycles. The van der Waals surface area contributed by atoms with Crippen LogP contribution in [0.25, 0.3) is 0 Å². The molecule has 0 spiro atoms. The smallest absolute Gasteiger partial charge is 0.417 e. The van der Waals surface area contributed by atoms with E-state index < -0.39 is 11.7 Å². The molecule has 0 fully saturated rings. The van der Waals surface area contributed by atoms with Crippen molar-refractivity contribution in [3.05, 3.63) is 22.2 Å². The largest absolute Gasteiger partial charge is 0.490 e. The molecule has 0 heterocycles. The lowest BCUT2D eigenvalue weighted by Crippen LogP contribution is -2.08. The Hall–Kier alpha value is -0.620. The molecule has 1 rings (SSSR count). The molecular weight excluding hydrogens is 310 g/mol. The number of nitrogens with two attached hydrogens (primary N) is 1. The van der Waals surface area contributed by atoms with E-state index in [4.69, 9.17) is 22.1 Å². The van der Waals surface area contributed by atoms with Gasteiger partial charge in [0.2, 0.25) is 0 Å². The number of hydrogen-bond acceptors (Lipinski definition) is 2. The molecule has 0 aliphatic heterocycles. The lowest BCUT2D eigenvalue weighted by molar-refractivity contribution is -0.138. The summed E-state index contributed by atoms with van der Waals surface area (Å²) in [6.07, 6.45) is -4.45. The first-order valence-electron chi connectivity index (χ1n) is 4.21. The third kappa shape index (κ3) is 3.18. The van der Waals surface area contributed by atoms with Gasteiger partial charge in [-0.1, -0.05) is 15.9 Å². The summed E-state index contributed by atoms with van der Waals surface area (Å²) in [4.78, 5) is 0. The van der Waals surface area contributed by atoms with Crippen LogP contribution in [-0.4, -0.2) is 12.5 Å². The van der Waals surface area contributed by atoms with E-state index in [0.29, 0.717) is 0 Å². The van der Waals surface area contributed by atoms with Gasteiger partial charge in [0.15, 0.2) is 0 Å². The molecule has 2 N–H and O–H groups in total. The minimum Gasteiger partial charge on any atom is -0.490 e. The van der Waals surface area contributed by atoms with Gasteiger partial charge >= 0.3 is 6.18 Å². The molecule has 0 atom stereocenters. The van der Waals surface area contributed by atoms with Gasteiger partial charge in [-0.2, -0.15) is 13.2 Å². The molecule has 0 aliphatic rings. The second-order valence-corrected chi connectivity index (χ2v) is 4.14. The minimum atomic E-state index is -4.45. The maximum atomic E-state index is 12.5. The Morgan fingerprint density at radius 3 is 2.50 bits per heavy atom. The second-order valence-electron chi connectivity index (χ2n) is 2.91. The summed E-state index contributed by atoms with van der Waals surface area (Å²) in [5.74, 6) is 0.415. The molecule has 0 saturated heterocycles. The van der Waals surface area contributed by atoms with Crippen molar-refractivity contribution in [3.8, 4) is 5.75 Å². The summed E-state index contributed by atoms with van der Waals surface area (Å²) >= 11 is 8.21. The Labute approximate surface area is 104 Å². The van der Waals surface area contributed by atoms with Crippen molar-refractivity contribution in [3.63, 3.8) is 0 Å². The van der Waals surface area contributed by atoms with Crippen LogP contribution in [0.3, 0.4) is 0 Å². The predicted octanol–water partition coefficient (Wildman–Crippen LogP) is 3.67. The zero-order chi connectivity index (χ0) is 12.3. The molecule has 0 bridgehead atoms. The Morgan fingerprint density at radius 1 is 1.38 bits per heavy atom. The predicted molar refractivity (Wildman–Crippen MR) is 59.8 cm³/mol. The summed E-state index contributed by atoms with van der Waals surface area (Å²) < 4.78 is 42.4. The van der Waals surface area contributed by atoms with Gasteiger partial charge in [-0.15, -0.1) is 11.6 Å². The Balaban J connectivity index is 3.07. The number of halogens is 5. The number of rotatable bonds is 3. The quantitative estimate of drug-likeness (QED) is 0.682. The van der Waals surface area contributed by atoms with Crippen LogP contribution in [0.4, 0.5) is 18.9 Å². The third-order valence-electron chi connectivity index (χ3n) is 1.74. The van der Waals surface area contributed by atoms with Crippen LogP contribution in [0.15, 0.2) is 16.6 Å². The summed E-state index contributed by atoms with van der Waals surface area (Å²) in [6.45, 7) is 0.184. The SMILES string of the molecule is Nc1cc(C(F)(F)F)c(Br)cc1OCCCl. The molecule has 1 aromatic rings. The van der Waals surface area contributed by atoms with Crippen molar-refractivity contribution in [1.82, 2.24) is 0 Å².